The lowest BCUT2D eigenvalue weighted by Gasteiger charge is -2.34. The number of benzene rings is 2. The van der Waals surface area contributed by atoms with E-state index >= 15 is 0 Å². The van der Waals surface area contributed by atoms with E-state index in [0.717, 1.165) is 5.56 Å². The zero-order chi connectivity index (χ0) is 21.6. The van der Waals surface area contributed by atoms with Gasteiger partial charge in [-0.05, 0) is 29.8 Å². The molecule has 0 aliphatic carbocycles. The van der Waals surface area contributed by atoms with Gasteiger partial charge in [0.1, 0.15) is 19.0 Å². The Labute approximate surface area is 179 Å². The summed E-state index contributed by atoms with van der Waals surface area (Å²) in [6.07, 6.45) is 0. The molecule has 1 saturated heterocycles. The first-order chi connectivity index (χ1) is 15.1. The van der Waals surface area contributed by atoms with E-state index in [4.69, 9.17) is 14.2 Å². The summed E-state index contributed by atoms with van der Waals surface area (Å²) in [5.74, 6) is -0.742. The van der Waals surface area contributed by atoms with Crippen molar-refractivity contribution in [1.82, 2.24) is 10.2 Å². The van der Waals surface area contributed by atoms with Crippen LogP contribution in [0.1, 0.15) is 11.6 Å². The molecule has 9 heteroatoms. The van der Waals surface area contributed by atoms with Gasteiger partial charge in [-0.2, -0.15) is 0 Å². The van der Waals surface area contributed by atoms with Crippen LogP contribution in [-0.2, 0) is 14.3 Å². The number of fused-ring (bicyclic) bond motifs is 1. The van der Waals surface area contributed by atoms with Crippen molar-refractivity contribution in [2.24, 2.45) is 0 Å². The average molecular weight is 429 g/mol. The fourth-order valence-corrected chi connectivity index (χ4v) is 3.61. The molecule has 164 valence electrons. The molecule has 2 aromatic rings. The van der Waals surface area contributed by atoms with Gasteiger partial charge >= 0.3 is 11.8 Å². The molecule has 0 saturated carbocycles. The van der Waals surface area contributed by atoms with E-state index < -0.39 is 11.8 Å². The minimum Gasteiger partial charge on any atom is -0.486 e. The highest BCUT2D eigenvalue weighted by molar-refractivity contribution is 6.39. The highest BCUT2D eigenvalue weighted by atomic mass is 19.1. The molecule has 2 heterocycles. The molecule has 0 spiro atoms. The third-order valence-corrected chi connectivity index (χ3v) is 5.20. The highest BCUT2D eigenvalue weighted by Crippen LogP contribution is 2.32. The molecule has 2 aliphatic heterocycles. The summed E-state index contributed by atoms with van der Waals surface area (Å²) in [6.45, 7) is 3.63. The summed E-state index contributed by atoms with van der Waals surface area (Å²) in [7, 11) is 0. The zero-order valence-electron chi connectivity index (χ0n) is 16.9. The minimum atomic E-state index is -0.781. The molecule has 4 rings (SSSR count). The van der Waals surface area contributed by atoms with Crippen molar-refractivity contribution in [1.29, 1.82) is 0 Å². The quantitative estimate of drug-likeness (QED) is 0.704. The van der Waals surface area contributed by atoms with E-state index in [2.05, 4.69) is 15.5 Å². The Morgan fingerprint density at radius 2 is 1.65 bits per heavy atom. The maximum absolute atomic E-state index is 13.4. The van der Waals surface area contributed by atoms with E-state index in [9.17, 15) is 14.0 Å². The summed E-state index contributed by atoms with van der Waals surface area (Å²) in [4.78, 5) is 26.9. The molecule has 0 bridgehead atoms. The van der Waals surface area contributed by atoms with Gasteiger partial charge in [-0.1, -0.05) is 12.1 Å². The lowest BCUT2D eigenvalue weighted by Crippen LogP contribution is -2.45. The van der Waals surface area contributed by atoms with Crippen molar-refractivity contribution in [3.8, 4) is 11.5 Å². The number of carbonyl (C=O) groups excluding carboxylic acids is 2. The SMILES string of the molecule is O=C(NC[C@@H](c1ccc(F)cc1)N1CCOCC1)C(=O)Nc1ccc2c(c1)OCCO2. The van der Waals surface area contributed by atoms with Crippen LogP contribution in [0.5, 0.6) is 11.5 Å². The van der Waals surface area contributed by atoms with Crippen LogP contribution in [0.3, 0.4) is 0 Å². The van der Waals surface area contributed by atoms with Crippen molar-refractivity contribution < 1.29 is 28.2 Å². The maximum atomic E-state index is 13.4. The monoisotopic (exact) mass is 429 g/mol. The Kier molecular flexibility index (Phi) is 6.63. The molecule has 8 nitrogen and oxygen atoms in total. The second-order valence-corrected chi connectivity index (χ2v) is 7.24. The molecule has 0 unspecified atom stereocenters. The number of morpholine rings is 1. The molecule has 0 radical (unpaired) electrons. The van der Waals surface area contributed by atoms with Crippen LogP contribution >= 0.6 is 0 Å². The summed E-state index contributed by atoms with van der Waals surface area (Å²) in [6, 6.07) is 10.9. The Hall–Kier alpha value is -3.17. The minimum absolute atomic E-state index is 0.199. The molecule has 1 fully saturated rings. The Balaban J connectivity index is 1.38. The molecule has 2 N–H and O–H groups in total. The summed E-state index contributed by atoms with van der Waals surface area (Å²) in [5.41, 5.74) is 1.29. The number of hydrogen-bond acceptors (Lipinski definition) is 6. The lowest BCUT2D eigenvalue weighted by atomic mass is 10.0. The van der Waals surface area contributed by atoms with Gasteiger partial charge in [0.05, 0.1) is 19.3 Å². The van der Waals surface area contributed by atoms with E-state index in [1.807, 2.05) is 0 Å². The Morgan fingerprint density at radius 1 is 0.935 bits per heavy atom. The van der Waals surface area contributed by atoms with Gasteiger partial charge in [0.2, 0.25) is 0 Å². The van der Waals surface area contributed by atoms with Crippen LogP contribution in [0.15, 0.2) is 42.5 Å². The fourth-order valence-electron chi connectivity index (χ4n) is 3.61. The van der Waals surface area contributed by atoms with Gasteiger partial charge in [-0.3, -0.25) is 14.5 Å². The first-order valence-electron chi connectivity index (χ1n) is 10.2. The van der Waals surface area contributed by atoms with E-state index in [-0.39, 0.29) is 18.4 Å². The van der Waals surface area contributed by atoms with Crippen LogP contribution in [-0.4, -0.2) is 62.8 Å². The molecule has 2 aromatic carbocycles. The highest BCUT2D eigenvalue weighted by Gasteiger charge is 2.25. The molecule has 0 aromatic heterocycles. The van der Waals surface area contributed by atoms with Crippen LogP contribution in [0, 0.1) is 5.82 Å². The largest absolute Gasteiger partial charge is 0.486 e. The second-order valence-electron chi connectivity index (χ2n) is 7.24. The Bertz CT molecular complexity index is 931. The molecule has 2 amide bonds. The first-order valence-corrected chi connectivity index (χ1v) is 10.2. The second kappa shape index (κ2) is 9.76. The van der Waals surface area contributed by atoms with Crippen molar-refractivity contribution in [3.63, 3.8) is 0 Å². The predicted octanol–water partition coefficient (Wildman–Crippen LogP) is 1.73. The number of nitrogens with one attached hydrogen (secondary N) is 2. The molecule has 31 heavy (non-hydrogen) atoms. The third kappa shape index (κ3) is 5.31. The summed E-state index contributed by atoms with van der Waals surface area (Å²) in [5, 5.41) is 5.26. The summed E-state index contributed by atoms with van der Waals surface area (Å²) >= 11 is 0. The molecule has 1 atom stereocenters. The fraction of sp³-hybridized carbons (Fsp3) is 0.364. The van der Waals surface area contributed by atoms with Crippen LogP contribution in [0.25, 0.3) is 0 Å². The number of ether oxygens (including phenoxy) is 3. The number of halogens is 1. The van der Waals surface area contributed by atoms with Gasteiger partial charge in [-0.15, -0.1) is 0 Å². The van der Waals surface area contributed by atoms with Crippen molar-refractivity contribution in [3.05, 3.63) is 53.8 Å². The predicted molar refractivity (Wildman–Crippen MR) is 111 cm³/mol. The van der Waals surface area contributed by atoms with Gasteiger partial charge in [0.25, 0.3) is 0 Å². The lowest BCUT2D eigenvalue weighted by molar-refractivity contribution is -0.136. The Morgan fingerprint density at radius 3 is 2.39 bits per heavy atom. The number of amides is 2. The number of anilines is 1. The number of carbonyl (C=O) groups is 2. The van der Waals surface area contributed by atoms with Crippen molar-refractivity contribution in [2.75, 3.05) is 51.4 Å². The topological polar surface area (TPSA) is 89.1 Å². The van der Waals surface area contributed by atoms with E-state index in [1.54, 1.807) is 30.3 Å². The molecular weight excluding hydrogens is 405 g/mol. The number of hydrogen-bond donors (Lipinski definition) is 2. The van der Waals surface area contributed by atoms with Crippen molar-refractivity contribution in [2.45, 2.75) is 6.04 Å². The van der Waals surface area contributed by atoms with Gasteiger partial charge in [0, 0.05) is 31.4 Å². The smallest absolute Gasteiger partial charge is 0.313 e. The average Bonchev–Trinajstić information content (AvgIpc) is 2.81. The van der Waals surface area contributed by atoms with Crippen LogP contribution in [0.2, 0.25) is 0 Å². The van der Waals surface area contributed by atoms with E-state index in [0.29, 0.717) is 56.7 Å². The standard InChI is InChI=1S/C22H24FN3O5/c23-16-3-1-15(2-4-16)18(26-7-9-29-10-8-26)14-24-21(27)22(28)25-17-5-6-19-20(13-17)31-12-11-30-19/h1-6,13,18H,7-12,14H2,(H,24,27)(H,25,28)/t18-/m0/s1. The zero-order valence-corrected chi connectivity index (χ0v) is 16.9. The molecular formula is C22H24FN3O5. The molecule has 2 aliphatic rings. The number of rotatable bonds is 5. The van der Waals surface area contributed by atoms with Crippen LogP contribution < -0.4 is 20.1 Å². The van der Waals surface area contributed by atoms with E-state index in [1.165, 1.54) is 12.1 Å². The van der Waals surface area contributed by atoms with Gasteiger partial charge < -0.3 is 24.8 Å². The van der Waals surface area contributed by atoms with Crippen molar-refractivity contribution >= 4 is 17.5 Å². The van der Waals surface area contributed by atoms with Gasteiger partial charge in [-0.25, -0.2) is 4.39 Å². The third-order valence-electron chi connectivity index (χ3n) is 5.20. The number of nitrogens with zero attached hydrogens (tertiary/aromatic N) is 1. The van der Waals surface area contributed by atoms with Crippen LogP contribution in [0.4, 0.5) is 10.1 Å². The normalized spacial score (nSPS) is 16.9. The maximum Gasteiger partial charge on any atom is 0.313 e. The van der Waals surface area contributed by atoms with Gasteiger partial charge in [0.15, 0.2) is 11.5 Å². The summed E-state index contributed by atoms with van der Waals surface area (Å²) < 4.78 is 29.7. The first kappa shape index (κ1) is 21.1.